The fourth-order valence-corrected chi connectivity index (χ4v) is 2.49. The van der Waals surface area contributed by atoms with Gasteiger partial charge in [-0.25, -0.2) is 0 Å². The molecular formula is C17H18N4O. The quantitative estimate of drug-likeness (QED) is 0.833. The van der Waals surface area contributed by atoms with Crippen molar-refractivity contribution in [3.8, 4) is 18.1 Å². The number of nitrogens with zero attached hydrogens (tertiary/aromatic N) is 4. The van der Waals surface area contributed by atoms with E-state index in [0.717, 1.165) is 23.9 Å². The largest absolute Gasteiger partial charge is 0.506 e. The maximum absolute atomic E-state index is 9.92. The van der Waals surface area contributed by atoms with Gasteiger partial charge < -0.3 is 5.11 Å². The van der Waals surface area contributed by atoms with Gasteiger partial charge in [0.05, 0.1) is 6.54 Å². The van der Waals surface area contributed by atoms with Crippen LogP contribution in [0.1, 0.15) is 18.9 Å². The summed E-state index contributed by atoms with van der Waals surface area (Å²) < 4.78 is 0. The summed E-state index contributed by atoms with van der Waals surface area (Å²) in [7, 11) is 0. The summed E-state index contributed by atoms with van der Waals surface area (Å²) in [5, 5.41) is 19.0. The van der Waals surface area contributed by atoms with Crippen LogP contribution in [-0.4, -0.2) is 33.7 Å². The van der Waals surface area contributed by atoms with Gasteiger partial charge in [-0.05, 0) is 24.6 Å². The molecule has 1 aliphatic heterocycles. The number of pyridine rings is 1. The molecule has 1 aromatic carbocycles. The van der Waals surface area contributed by atoms with Gasteiger partial charge in [-0.3, -0.25) is 9.88 Å². The maximum atomic E-state index is 9.92. The highest BCUT2D eigenvalue weighted by Gasteiger charge is 2.33. The monoisotopic (exact) mass is 294 g/mol. The van der Waals surface area contributed by atoms with E-state index in [1.165, 1.54) is 0 Å². The Hall–Kier alpha value is -2.45. The topological polar surface area (TPSA) is 61.1 Å². The molecule has 0 radical (unpaired) electrons. The number of phenols is 1. The number of hydrogen-bond donors (Lipinski definition) is 1. The first-order valence-corrected chi connectivity index (χ1v) is 7.27. The Bertz CT molecular complexity index is 757. The molecule has 1 N–H and O–H groups in total. The van der Waals surface area contributed by atoms with E-state index in [0.29, 0.717) is 18.6 Å². The smallest absolute Gasteiger partial charge is 0.189 e. The first-order chi connectivity index (χ1) is 10.6. The van der Waals surface area contributed by atoms with Crippen LogP contribution in [0.3, 0.4) is 0 Å². The first kappa shape index (κ1) is 14.5. The Morgan fingerprint density at radius 2 is 2.14 bits per heavy atom. The van der Waals surface area contributed by atoms with Crippen molar-refractivity contribution >= 4 is 10.9 Å². The Kier molecular flexibility index (Phi) is 3.78. The number of rotatable bonds is 6. The predicted molar refractivity (Wildman–Crippen MR) is 85.4 cm³/mol. The van der Waals surface area contributed by atoms with Crippen LogP contribution in [0.15, 0.2) is 40.7 Å². The van der Waals surface area contributed by atoms with Crippen LogP contribution in [0.25, 0.3) is 10.9 Å². The third kappa shape index (κ3) is 3.07. The Balaban J connectivity index is 1.80. The maximum Gasteiger partial charge on any atom is 0.189 e. The molecule has 2 heterocycles. The highest BCUT2D eigenvalue weighted by molar-refractivity contribution is 5.87. The van der Waals surface area contributed by atoms with Crippen LogP contribution in [0, 0.1) is 12.3 Å². The molecule has 1 aromatic heterocycles. The molecule has 0 aliphatic carbocycles. The lowest BCUT2D eigenvalue weighted by Gasteiger charge is -2.21. The molecule has 3 rings (SSSR count). The number of phenolic OH excluding ortho intramolecular Hbond substituents is 1. The summed E-state index contributed by atoms with van der Waals surface area (Å²) in [6, 6.07) is 7.46. The van der Waals surface area contributed by atoms with Crippen molar-refractivity contribution in [3.05, 3.63) is 36.0 Å². The van der Waals surface area contributed by atoms with Gasteiger partial charge in [0.2, 0.25) is 0 Å². The Morgan fingerprint density at radius 3 is 2.86 bits per heavy atom. The third-order valence-corrected chi connectivity index (χ3v) is 3.89. The van der Waals surface area contributed by atoms with E-state index in [9.17, 15) is 5.11 Å². The highest BCUT2D eigenvalue weighted by atomic mass is 16.3. The van der Waals surface area contributed by atoms with Crippen LogP contribution >= 0.6 is 0 Å². The standard InChI is InChI=1S/C17H18N4O/c1-3-10-21(11-8-17(2)19-20-17)12-13-6-7-15(22)16-14(13)5-4-9-18-16/h1,4-7,9,22H,8,10-12H2,2H3. The normalized spacial score (nSPS) is 15.1. The van der Waals surface area contributed by atoms with Crippen LogP contribution in [0.5, 0.6) is 5.75 Å². The van der Waals surface area contributed by atoms with Gasteiger partial charge in [0.1, 0.15) is 11.3 Å². The van der Waals surface area contributed by atoms with E-state index in [1.54, 1.807) is 12.3 Å². The summed E-state index contributed by atoms with van der Waals surface area (Å²) in [6.07, 6.45) is 8.03. The van der Waals surface area contributed by atoms with Crippen LogP contribution in [0.4, 0.5) is 0 Å². The fourth-order valence-electron chi connectivity index (χ4n) is 2.49. The second-order valence-corrected chi connectivity index (χ2v) is 5.73. The summed E-state index contributed by atoms with van der Waals surface area (Å²) in [6.45, 7) is 4.12. The molecule has 5 heteroatoms. The van der Waals surface area contributed by atoms with E-state index in [1.807, 2.05) is 25.1 Å². The zero-order valence-electron chi connectivity index (χ0n) is 12.5. The lowest BCUT2D eigenvalue weighted by atomic mass is 10.1. The van der Waals surface area contributed by atoms with Crippen LogP contribution < -0.4 is 0 Å². The van der Waals surface area contributed by atoms with Crippen LogP contribution in [-0.2, 0) is 6.54 Å². The predicted octanol–water partition coefficient (Wildman–Crippen LogP) is 2.95. The minimum absolute atomic E-state index is 0.200. The molecule has 0 fully saturated rings. The molecule has 0 bridgehead atoms. The highest BCUT2D eigenvalue weighted by Crippen LogP contribution is 2.31. The van der Waals surface area contributed by atoms with Crippen molar-refractivity contribution in [2.45, 2.75) is 25.6 Å². The van der Waals surface area contributed by atoms with E-state index in [2.05, 4.69) is 26.0 Å². The summed E-state index contributed by atoms with van der Waals surface area (Å²) >= 11 is 0. The number of fused-ring (bicyclic) bond motifs is 1. The van der Waals surface area contributed by atoms with E-state index in [4.69, 9.17) is 6.42 Å². The van der Waals surface area contributed by atoms with E-state index < -0.39 is 0 Å². The average Bonchev–Trinajstić information content (AvgIpc) is 3.26. The molecule has 0 unspecified atom stereocenters. The Morgan fingerprint density at radius 1 is 1.32 bits per heavy atom. The molecule has 0 saturated carbocycles. The lowest BCUT2D eigenvalue weighted by Crippen LogP contribution is -2.27. The van der Waals surface area contributed by atoms with Crippen molar-refractivity contribution < 1.29 is 5.11 Å². The molecule has 112 valence electrons. The van der Waals surface area contributed by atoms with Crippen molar-refractivity contribution in [1.29, 1.82) is 0 Å². The van der Waals surface area contributed by atoms with Crippen molar-refractivity contribution in [2.75, 3.05) is 13.1 Å². The second-order valence-electron chi connectivity index (χ2n) is 5.73. The zero-order chi connectivity index (χ0) is 15.6. The zero-order valence-corrected chi connectivity index (χ0v) is 12.5. The molecular weight excluding hydrogens is 276 g/mol. The van der Waals surface area contributed by atoms with Gasteiger partial charge in [-0.2, -0.15) is 10.2 Å². The van der Waals surface area contributed by atoms with Crippen molar-refractivity contribution in [3.63, 3.8) is 0 Å². The molecule has 2 aromatic rings. The SMILES string of the molecule is C#CCN(CCC1(C)N=N1)Cc1ccc(O)c2ncccc12. The molecule has 0 spiro atoms. The average molecular weight is 294 g/mol. The van der Waals surface area contributed by atoms with Gasteiger partial charge in [0.15, 0.2) is 5.66 Å². The molecule has 0 atom stereocenters. The molecule has 1 aliphatic rings. The second kappa shape index (κ2) is 5.74. The number of hydrogen-bond acceptors (Lipinski definition) is 5. The van der Waals surface area contributed by atoms with Gasteiger partial charge in [-0.15, -0.1) is 6.42 Å². The van der Waals surface area contributed by atoms with Gasteiger partial charge in [-0.1, -0.05) is 18.1 Å². The third-order valence-electron chi connectivity index (χ3n) is 3.89. The van der Waals surface area contributed by atoms with Gasteiger partial charge in [0, 0.05) is 31.1 Å². The number of aromatic nitrogens is 1. The molecule has 0 amide bonds. The molecule has 5 nitrogen and oxygen atoms in total. The molecule has 0 saturated heterocycles. The lowest BCUT2D eigenvalue weighted by molar-refractivity contribution is 0.282. The van der Waals surface area contributed by atoms with E-state index in [-0.39, 0.29) is 11.4 Å². The minimum Gasteiger partial charge on any atom is -0.506 e. The van der Waals surface area contributed by atoms with Crippen molar-refractivity contribution in [2.24, 2.45) is 10.2 Å². The van der Waals surface area contributed by atoms with Gasteiger partial charge in [0.25, 0.3) is 0 Å². The molecule has 22 heavy (non-hydrogen) atoms. The first-order valence-electron chi connectivity index (χ1n) is 7.27. The van der Waals surface area contributed by atoms with Crippen LogP contribution in [0.2, 0.25) is 0 Å². The van der Waals surface area contributed by atoms with E-state index >= 15 is 0 Å². The summed E-state index contributed by atoms with van der Waals surface area (Å²) in [5.41, 5.74) is 1.51. The summed E-state index contributed by atoms with van der Waals surface area (Å²) in [5.74, 6) is 2.90. The number of aromatic hydroxyl groups is 1. The number of benzene rings is 1. The van der Waals surface area contributed by atoms with Crippen molar-refractivity contribution in [1.82, 2.24) is 9.88 Å². The minimum atomic E-state index is -0.217. The van der Waals surface area contributed by atoms with Gasteiger partial charge >= 0.3 is 0 Å². The fraction of sp³-hybridized carbons (Fsp3) is 0.353. The number of terminal acetylenes is 1. The summed E-state index contributed by atoms with van der Waals surface area (Å²) in [4.78, 5) is 6.44. The Labute approximate surface area is 129 Å².